The van der Waals surface area contributed by atoms with E-state index in [0.717, 1.165) is 40.0 Å². The smallest absolute Gasteiger partial charge is 0.324 e. The van der Waals surface area contributed by atoms with Gasteiger partial charge in [0.15, 0.2) is 0 Å². The average molecular weight is 439 g/mol. The fourth-order valence-electron chi connectivity index (χ4n) is 3.29. The van der Waals surface area contributed by atoms with Crippen LogP contribution in [0.5, 0.6) is 5.75 Å². The van der Waals surface area contributed by atoms with Crippen LogP contribution in [0.25, 0.3) is 11.5 Å². The number of rotatable bonds is 8. The Morgan fingerprint density at radius 1 is 1.19 bits per heavy atom. The third-order valence-electron chi connectivity index (χ3n) is 5.14. The zero-order valence-corrected chi connectivity index (χ0v) is 18.5. The molecule has 1 fully saturated rings. The summed E-state index contributed by atoms with van der Waals surface area (Å²) in [6, 6.07) is 15.7. The minimum Gasteiger partial charge on any atom is -0.487 e. The monoisotopic (exact) mass is 438 g/mol. The second kappa shape index (κ2) is 10.0. The molecule has 3 aromatic rings. The summed E-state index contributed by atoms with van der Waals surface area (Å²) in [5.74, 6) is 3.46. The van der Waals surface area contributed by atoms with Crippen LogP contribution in [-0.2, 0) is 22.6 Å². The molecule has 2 heterocycles. The van der Waals surface area contributed by atoms with Crippen LogP contribution in [0.4, 0.5) is 0 Å². The molecule has 0 saturated carbocycles. The summed E-state index contributed by atoms with van der Waals surface area (Å²) < 4.78 is 17.3. The first-order valence-corrected chi connectivity index (χ1v) is 11.5. The number of nitrogens with one attached hydrogen (secondary N) is 1. The molecule has 0 amide bonds. The van der Waals surface area contributed by atoms with Gasteiger partial charge in [-0.15, -0.1) is 11.8 Å². The number of aryl methyl sites for hydroxylation is 2. The third-order valence-corrected chi connectivity index (χ3v) is 6.08. The number of thioether (sulfide) groups is 1. The number of ether oxygens (including phenoxy) is 2. The van der Waals surface area contributed by atoms with Gasteiger partial charge in [-0.3, -0.25) is 10.1 Å². The minimum atomic E-state index is -0.200. The quantitative estimate of drug-likeness (QED) is 0.526. The predicted molar refractivity (Wildman–Crippen MR) is 121 cm³/mol. The third kappa shape index (κ3) is 5.48. The van der Waals surface area contributed by atoms with Gasteiger partial charge < -0.3 is 13.9 Å². The van der Waals surface area contributed by atoms with Crippen LogP contribution in [0, 0.1) is 13.8 Å². The second-order valence-electron chi connectivity index (χ2n) is 7.47. The van der Waals surface area contributed by atoms with Crippen molar-refractivity contribution in [2.24, 2.45) is 0 Å². The molecule has 1 aliphatic heterocycles. The van der Waals surface area contributed by atoms with Crippen molar-refractivity contribution in [1.29, 1.82) is 0 Å². The molecule has 1 aliphatic rings. The number of hydrogen-bond acceptors (Lipinski definition) is 7. The molecule has 0 bridgehead atoms. The van der Waals surface area contributed by atoms with E-state index in [9.17, 15) is 4.79 Å². The molecule has 31 heavy (non-hydrogen) atoms. The normalized spacial score (nSPS) is 15.7. The summed E-state index contributed by atoms with van der Waals surface area (Å²) in [6.45, 7) is 4.57. The van der Waals surface area contributed by atoms with Gasteiger partial charge in [-0.2, -0.15) is 0 Å². The van der Waals surface area contributed by atoms with E-state index in [0.29, 0.717) is 25.5 Å². The van der Waals surface area contributed by atoms with Crippen molar-refractivity contribution in [2.45, 2.75) is 32.9 Å². The highest BCUT2D eigenvalue weighted by Crippen LogP contribution is 2.25. The first-order chi connectivity index (χ1) is 15.1. The lowest BCUT2D eigenvalue weighted by Crippen LogP contribution is -2.34. The highest BCUT2D eigenvalue weighted by molar-refractivity contribution is 7.99. The number of oxazole rings is 1. The van der Waals surface area contributed by atoms with E-state index in [1.807, 2.05) is 62.4 Å². The molecule has 0 aliphatic carbocycles. The SMILES string of the molecule is Cc1ccc(-c2nc(COc3ccccc3CCOC(=O)C3CSCN3)c(C)o2)cc1. The highest BCUT2D eigenvalue weighted by atomic mass is 32.2. The lowest BCUT2D eigenvalue weighted by Gasteiger charge is -2.12. The van der Waals surface area contributed by atoms with Gasteiger partial charge in [0.05, 0.1) is 6.61 Å². The Balaban J connectivity index is 1.35. The number of para-hydroxylation sites is 1. The van der Waals surface area contributed by atoms with Gasteiger partial charge in [-0.05, 0) is 37.6 Å². The van der Waals surface area contributed by atoms with Crippen molar-refractivity contribution in [3.05, 3.63) is 71.1 Å². The fourth-order valence-corrected chi connectivity index (χ4v) is 4.21. The number of carbonyl (C=O) groups excluding carboxylic acids is 1. The summed E-state index contributed by atoms with van der Waals surface area (Å²) in [4.78, 5) is 16.7. The van der Waals surface area contributed by atoms with Gasteiger partial charge in [0.25, 0.3) is 0 Å². The number of nitrogens with zero attached hydrogens (tertiary/aromatic N) is 1. The molecule has 2 aromatic carbocycles. The topological polar surface area (TPSA) is 73.6 Å². The van der Waals surface area contributed by atoms with E-state index in [-0.39, 0.29) is 12.0 Å². The van der Waals surface area contributed by atoms with Crippen molar-refractivity contribution in [2.75, 3.05) is 18.2 Å². The van der Waals surface area contributed by atoms with Crippen LogP contribution >= 0.6 is 11.8 Å². The molecule has 0 radical (unpaired) electrons. The molecule has 0 spiro atoms. The van der Waals surface area contributed by atoms with Crippen molar-refractivity contribution in [1.82, 2.24) is 10.3 Å². The maximum Gasteiger partial charge on any atom is 0.324 e. The van der Waals surface area contributed by atoms with Crippen molar-refractivity contribution >= 4 is 17.7 Å². The molecule has 1 saturated heterocycles. The number of aromatic nitrogens is 1. The Hall–Kier alpha value is -2.77. The highest BCUT2D eigenvalue weighted by Gasteiger charge is 2.23. The molecule has 1 N–H and O–H groups in total. The largest absolute Gasteiger partial charge is 0.487 e. The minimum absolute atomic E-state index is 0.190. The van der Waals surface area contributed by atoms with Crippen LogP contribution in [0.15, 0.2) is 52.9 Å². The van der Waals surface area contributed by atoms with Crippen LogP contribution in [0.1, 0.15) is 22.6 Å². The van der Waals surface area contributed by atoms with E-state index in [2.05, 4.69) is 10.3 Å². The van der Waals surface area contributed by atoms with E-state index >= 15 is 0 Å². The molecular weight excluding hydrogens is 412 g/mol. The lowest BCUT2D eigenvalue weighted by atomic mass is 10.1. The molecule has 7 heteroatoms. The van der Waals surface area contributed by atoms with E-state index in [4.69, 9.17) is 13.9 Å². The number of hydrogen-bond donors (Lipinski definition) is 1. The Morgan fingerprint density at radius 3 is 2.77 bits per heavy atom. The summed E-state index contributed by atoms with van der Waals surface area (Å²) in [6.07, 6.45) is 0.591. The maximum atomic E-state index is 12.1. The summed E-state index contributed by atoms with van der Waals surface area (Å²) >= 11 is 1.70. The second-order valence-corrected chi connectivity index (χ2v) is 8.50. The molecule has 1 aromatic heterocycles. The van der Waals surface area contributed by atoms with Crippen molar-refractivity contribution in [3.8, 4) is 17.2 Å². The molecule has 1 atom stereocenters. The summed E-state index contributed by atoms with van der Waals surface area (Å²) in [7, 11) is 0. The Morgan fingerprint density at radius 2 is 2.00 bits per heavy atom. The van der Waals surface area contributed by atoms with Gasteiger partial charge >= 0.3 is 5.97 Å². The number of esters is 1. The van der Waals surface area contributed by atoms with Gasteiger partial charge in [-0.1, -0.05) is 35.9 Å². The van der Waals surface area contributed by atoms with Gasteiger partial charge in [0.2, 0.25) is 5.89 Å². The van der Waals surface area contributed by atoms with Gasteiger partial charge in [0.1, 0.15) is 29.9 Å². The van der Waals surface area contributed by atoms with Crippen LogP contribution in [0.2, 0.25) is 0 Å². The van der Waals surface area contributed by atoms with Crippen LogP contribution in [0.3, 0.4) is 0 Å². The number of benzene rings is 2. The van der Waals surface area contributed by atoms with E-state index < -0.39 is 0 Å². The molecule has 6 nitrogen and oxygen atoms in total. The van der Waals surface area contributed by atoms with Crippen LogP contribution < -0.4 is 10.1 Å². The summed E-state index contributed by atoms with van der Waals surface area (Å²) in [5, 5.41) is 3.12. The first kappa shape index (κ1) is 21.5. The average Bonchev–Trinajstić information content (AvgIpc) is 3.44. The fraction of sp³-hybridized carbons (Fsp3) is 0.333. The van der Waals surface area contributed by atoms with Crippen molar-refractivity contribution in [3.63, 3.8) is 0 Å². The standard InChI is InChI=1S/C24H26N2O4S/c1-16-7-9-19(10-8-16)23-26-20(17(2)30-23)13-29-22-6-4-3-5-18(22)11-12-28-24(27)21-14-31-15-25-21/h3-10,21,25H,11-15H2,1-2H3. The Kier molecular flexibility index (Phi) is 6.94. The molecule has 4 rings (SSSR count). The molecular formula is C24H26N2O4S. The predicted octanol–water partition coefficient (Wildman–Crippen LogP) is 4.29. The van der Waals surface area contributed by atoms with Crippen molar-refractivity contribution < 1.29 is 18.7 Å². The van der Waals surface area contributed by atoms with Gasteiger partial charge in [-0.25, -0.2) is 4.98 Å². The zero-order chi connectivity index (χ0) is 21.6. The van der Waals surface area contributed by atoms with Gasteiger partial charge in [0, 0.05) is 23.6 Å². The van der Waals surface area contributed by atoms with E-state index in [1.54, 1.807) is 11.8 Å². The van der Waals surface area contributed by atoms with Crippen LogP contribution in [-0.4, -0.2) is 35.2 Å². The Bertz CT molecular complexity index is 1030. The zero-order valence-electron chi connectivity index (χ0n) is 17.7. The first-order valence-electron chi connectivity index (χ1n) is 10.3. The number of carbonyl (C=O) groups is 1. The van der Waals surface area contributed by atoms with E-state index in [1.165, 1.54) is 5.56 Å². The maximum absolute atomic E-state index is 12.1. The molecule has 1 unspecified atom stereocenters. The molecule has 162 valence electrons. The lowest BCUT2D eigenvalue weighted by molar-refractivity contribution is -0.145. The Labute approximate surface area is 186 Å². The summed E-state index contributed by atoms with van der Waals surface area (Å²) in [5.41, 5.74) is 3.89.